The molecule has 3 heteroatoms. The van der Waals surface area contributed by atoms with Crippen LogP contribution in [0.4, 0.5) is 0 Å². The van der Waals surface area contributed by atoms with E-state index in [-0.39, 0.29) is 5.41 Å². The first-order valence-corrected chi connectivity index (χ1v) is 6.48. The summed E-state index contributed by atoms with van der Waals surface area (Å²) in [6.45, 7) is 13.7. The molecule has 0 amide bonds. The molecule has 0 aliphatic rings. The first-order valence-electron chi connectivity index (χ1n) is 6.48. The molecule has 0 aliphatic heterocycles. The van der Waals surface area contributed by atoms with Crippen molar-refractivity contribution in [1.82, 2.24) is 5.32 Å². The van der Waals surface area contributed by atoms with Crippen molar-refractivity contribution in [3.63, 3.8) is 0 Å². The van der Waals surface area contributed by atoms with Gasteiger partial charge in [0.15, 0.2) is 0 Å². The van der Waals surface area contributed by atoms with Crippen LogP contribution in [0.5, 0.6) is 0 Å². The number of ether oxygens (including phenoxy) is 2. The summed E-state index contributed by atoms with van der Waals surface area (Å²) in [5.74, 6) is 0. The first kappa shape index (κ1) is 16.6. The van der Waals surface area contributed by atoms with Gasteiger partial charge in [0.25, 0.3) is 0 Å². The van der Waals surface area contributed by atoms with Gasteiger partial charge >= 0.3 is 0 Å². The number of hydrogen-bond acceptors (Lipinski definition) is 3. The maximum atomic E-state index is 5.58. The molecule has 0 aromatic carbocycles. The number of hydrogen-bond donors (Lipinski definition) is 1. The molecular formula is C14H29NO2. The van der Waals surface area contributed by atoms with Gasteiger partial charge in [0, 0.05) is 39.5 Å². The van der Waals surface area contributed by atoms with Crippen molar-refractivity contribution in [2.45, 2.75) is 39.7 Å². The van der Waals surface area contributed by atoms with Crippen LogP contribution in [-0.2, 0) is 9.47 Å². The summed E-state index contributed by atoms with van der Waals surface area (Å²) in [6.07, 6.45) is 4.00. The third kappa shape index (κ3) is 9.33. The van der Waals surface area contributed by atoms with Crippen molar-refractivity contribution in [3.05, 3.63) is 12.7 Å². The molecule has 1 N–H and O–H groups in total. The van der Waals surface area contributed by atoms with Gasteiger partial charge in [-0.15, -0.1) is 6.58 Å². The third-order valence-corrected chi connectivity index (χ3v) is 2.86. The smallest absolute Gasteiger partial charge is 0.0487 e. The van der Waals surface area contributed by atoms with E-state index in [2.05, 4.69) is 32.7 Å². The lowest BCUT2D eigenvalue weighted by molar-refractivity contribution is 0.0870. The van der Waals surface area contributed by atoms with E-state index in [1.165, 1.54) is 0 Å². The lowest BCUT2D eigenvalue weighted by Crippen LogP contribution is -2.35. The van der Waals surface area contributed by atoms with Crippen molar-refractivity contribution < 1.29 is 9.47 Å². The Balaban J connectivity index is 3.68. The fraction of sp³-hybridized carbons (Fsp3) is 0.857. The molecule has 1 atom stereocenters. The highest BCUT2D eigenvalue weighted by atomic mass is 16.5. The molecule has 17 heavy (non-hydrogen) atoms. The highest BCUT2D eigenvalue weighted by Crippen LogP contribution is 2.21. The van der Waals surface area contributed by atoms with Crippen LogP contribution < -0.4 is 5.32 Å². The van der Waals surface area contributed by atoms with E-state index in [1.54, 1.807) is 7.11 Å². The molecule has 0 saturated carbocycles. The molecular weight excluding hydrogens is 214 g/mol. The maximum Gasteiger partial charge on any atom is 0.0487 e. The lowest BCUT2D eigenvalue weighted by atomic mass is 9.87. The Labute approximate surface area is 107 Å². The molecule has 0 rings (SSSR count). The summed E-state index contributed by atoms with van der Waals surface area (Å²) in [7, 11) is 1.71. The van der Waals surface area contributed by atoms with Gasteiger partial charge in [0.05, 0.1) is 0 Å². The Morgan fingerprint density at radius 3 is 2.53 bits per heavy atom. The van der Waals surface area contributed by atoms with Gasteiger partial charge in [-0.05, 0) is 18.3 Å². The zero-order chi connectivity index (χ0) is 13.1. The standard InChI is InChI=1S/C14H29NO2/c1-6-14(4,12-15-13(2)3)8-11-17-10-7-9-16-5/h6,13,15H,1,7-12H2,2-5H3. The lowest BCUT2D eigenvalue weighted by Gasteiger charge is -2.27. The van der Waals surface area contributed by atoms with Crippen molar-refractivity contribution in [1.29, 1.82) is 0 Å². The summed E-state index contributed by atoms with van der Waals surface area (Å²) < 4.78 is 10.6. The second-order valence-electron chi connectivity index (χ2n) is 5.10. The molecule has 0 radical (unpaired) electrons. The Kier molecular flexibility index (Phi) is 9.41. The van der Waals surface area contributed by atoms with Crippen LogP contribution in [0.25, 0.3) is 0 Å². The van der Waals surface area contributed by atoms with Crippen molar-refractivity contribution in [3.8, 4) is 0 Å². The monoisotopic (exact) mass is 243 g/mol. The molecule has 0 bridgehead atoms. The first-order chi connectivity index (χ1) is 8.04. The molecule has 0 fully saturated rings. The molecule has 0 saturated heterocycles. The van der Waals surface area contributed by atoms with E-state index in [1.807, 2.05) is 6.08 Å². The summed E-state index contributed by atoms with van der Waals surface area (Å²) in [5, 5.41) is 3.45. The summed E-state index contributed by atoms with van der Waals surface area (Å²) in [5.41, 5.74) is 0.117. The van der Waals surface area contributed by atoms with E-state index in [4.69, 9.17) is 9.47 Å². The van der Waals surface area contributed by atoms with E-state index >= 15 is 0 Å². The fourth-order valence-corrected chi connectivity index (χ4v) is 1.41. The minimum Gasteiger partial charge on any atom is -0.385 e. The van der Waals surface area contributed by atoms with Gasteiger partial charge in [-0.2, -0.15) is 0 Å². The molecule has 1 unspecified atom stereocenters. The van der Waals surface area contributed by atoms with E-state index in [9.17, 15) is 0 Å². The van der Waals surface area contributed by atoms with Gasteiger partial charge in [0.1, 0.15) is 0 Å². The summed E-state index contributed by atoms with van der Waals surface area (Å²) in [6, 6.07) is 0.511. The van der Waals surface area contributed by atoms with E-state index in [0.29, 0.717) is 6.04 Å². The van der Waals surface area contributed by atoms with Gasteiger partial charge in [-0.25, -0.2) is 0 Å². The fourth-order valence-electron chi connectivity index (χ4n) is 1.41. The Morgan fingerprint density at radius 1 is 1.29 bits per heavy atom. The van der Waals surface area contributed by atoms with E-state index < -0.39 is 0 Å². The third-order valence-electron chi connectivity index (χ3n) is 2.86. The molecule has 0 heterocycles. The van der Waals surface area contributed by atoms with Crippen LogP contribution in [0.15, 0.2) is 12.7 Å². The van der Waals surface area contributed by atoms with Gasteiger partial charge in [-0.1, -0.05) is 26.8 Å². The van der Waals surface area contributed by atoms with Crippen LogP contribution in [-0.4, -0.2) is 39.5 Å². The van der Waals surface area contributed by atoms with Crippen LogP contribution in [0, 0.1) is 5.41 Å². The second-order valence-corrected chi connectivity index (χ2v) is 5.10. The minimum atomic E-state index is 0.117. The van der Waals surface area contributed by atoms with Gasteiger partial charge < -0.3 is 14.8 Å². The number of rotatable bonds is 11. The van der Waals surface area contributed by atoms with Crippen molar-refractivity contribution >= 4 is 0 Å². The topological polar surface area (TPSA) is 30.5 Å². The highest BCUT2D eigenvalue weighted by Gasteiger charge is 2.19. The molecule has 0 aromatic rings. The molecule has 0 aromatic heterocycles. The quantitative estimate of drug-likeness (QED) is 0.447. The number of methoxy groups -OCH3 is 1. The van der Waals surface area contributed by atoms with Crippen molar-refractivity contribution in [2.24, 2.45) is 5.41 Å². The zero-order valence-electron chi connectivity index (χ0n) is 11.9. The summed E-state index contributed by atoms with van der Waals surface area (Å²) >= 11 is 0. The number of nitrogens with one attached hydrogen (secondary N) is 1. The maximum absolute atomic E-state index is 5.58. The van der Waals surface area contributed by atoms with Crippen LogP contribution in [0.3, 0.4) is 0 Å². The highest BCUT2D eigenvalue weighted by molar-refractivity contribution is 4.93. The Bertz CT molecular complexity index is 195. The van der Waals surface area contributed by atoms with Gasteiger partial charge in [-0.3, -0.25) is 0 Å². The Morgan fingerprint density at radius 2 is 2.00 bits per heavy atom. The SMILES string of the molecule is C=CC(C)(CCOCCCOC)CNC(C)C. The normalized spacial score (nSPS) is 14.9. The minimum absolute atomic E-state index is 0.117. The van der Waals surface area contributed by atoms with E-state index in [0.717, 1.165) is 39.2 Å². The van der Waals surface area contributed by atoms with Gasteiger partial charge in [0.2, 0.25) is 0 Å². The predicted octanol–water partition coefficient (Wildman–Crippen LogP) is 2.62. The Hall–Kier alpha value is -0.380. The van der Waals surface area contributed by atoms with Crippen LogP contribution in [0.2, 0.25) is 0 Å². The molecule has 102 valence electrons. The second kappa shape index (κ2) is 9.63. The largest absolute Gasteiger partial charge is 0.385 e. The van der Waals surface area contributed by atoms with Crippen LogP contribution >= 0.6 is 0 Å². The molecule has 0 spiro atoms. The van der Waals surface area contributed by atoms with Crippen LogP contribution in [0.1, 0.15) is 33.6 Å². The zero-order valence-corrected chi connectivity index (χ0v) is 11.9. The summed E-state index contributed by atoms with van der Waals surface area (Å²) in [4.78, 5) is 0. The predicted molar refractivity (Wildman–Crippen MR) is 73.4 cm³/mol. The molecule has 3 nitrogen and oxygen atoms in total. The average molecular weight is 243 g/mol. The van der Waals surface area contributed by atoms with Crippen molar-refractivity contribution in [2.75, 3.05) is 33.5 Å². The average Bonchev–Trinajstić information content (AvgIpc) is 2.31. The molecule has 0 aliphatic carbocycles.